The summed E-state index contributed by atoms with van der Waals surface area (Å²) < 4.78 is 26.4. The van der Waals surface area contributed by atoms with Crippen molar-refractivity contribution in [2.75, 3.05) is 7.11 Å². The highest BCUT2D eigenvalue weighted by atomic mass is 35.5. The number of ether oxygens (including phenoxy) is 1. The number of thiophene rings is 1. The van der Waals surface area contributed by atoms with Gasteiger partial charge in [0.15, 0.2) is 5.82 Å². The van der Waals surface area contributed by atoms with Crippen molar-refractivity contribution >= 4 is 44.5 Å². The molecule has 0 aliphatic heterocycles. The summed E-state index contributed by atoms with van der Waals surface area (Å²) in [4.78, 5) is 5.25. The highest BCUT2D eigenvalue weighted by Gasteiger charge is 2.16. The molecule has 0 fully saturated rings. The smallest absolute Gasteiger partial charge is 0.242 e. The van der Waals surface area contributed by atoms with E-state index in [1.165, 1.54) is 22.7 Å². The maximum absolute atomic E-state index is 14.9. The molecule has 0 spiro atoms. The number of aromatic nitrogens is 3. The van der Waals surface area contributed by atoms with E-state index in [0.29, 0.717) is 43.3 Å². The van der Waals surface area contributed by atoms with Crippen LogP contribution in [0.4, 0.5) is 4.39 Å². The Morgan fingerprint density at radius 1 is 1.16 bits per heavy atom. The zero-order valence-electron chi connectivity index (χ0n) is 13.0. The number of methoxy groups -OCH3 is 1. The van der Waals surface area contributed by atoms with E-state index in [-0.39, 0.29) is 12.4 Å². The van der Waals surface area contributed by atoms with Crippen LogP contribution in [0.2, 0.25) is 4.34 Å². The Morgan fingerprint density at radius 3 is 2.76 bits per heavy atom. The summed E-state index contributed by atoms with van der Waals surface area (Å²) in [6.45, 7) is 0.258. The van der Waals surface area contributed by atoms with E-state index in [0.717, 1.165) is 4.88 Å². The average molecular weight is 396 g/mol. The molecule has 0 bridgehead atoms. The fourth-order valence-corrected chi connectivity index (χ4v) is 4.46. The second-order valence-electron chi connectivity index (χ2n) is 5.19. The fourth-order valence-electron chi connectivity index (χ4n) is 2.40. The van der Waals surface area contributed by atoms with Gasteiger partial charge >= 0.3 is 0 Å². The summed E-state index contributed by atoms with van der Waals surface area (Å²) in [6, 6.07) is 7.11. The van der Waals surface area contributed by atoms with Gasteiger partial charge in [-0.1, -0.05) is 11.6 Å². The topological polar surface area (TPSA) is 61.0 Å². The standard InChI is InChI=1S/C16H11ClFN3O2S2/c1-22-7-13-21-20-12(23-13)6-14-19-9-3-2-8(15(18)16(9)25-14)10-4-5-11(17)24-10/h2-5H,6-7H2,1H3. The van der Waals surface area contributed by atoms with Crippen LogP contribution in [-0.4, -0.2) is 22.3 Å². The van der Waals surface area contributed by atoms with E-state index < -0.39 is 0 Å². The van der Waals surface area contributed by atoms with Gasteiger partial charge in [0, 0.05) is 17.6 Å². The Labute approximate surface area is 155 Å². The Kier molecular flexibility index (Phi) is 4.51. The largest absolute Gasteiger partial charge is 0.422 e. The van der Waals surface area contributed by atoms with E-state index in [2.05, 4.69) is 15.2 Å². The molecule has 0 unspecified atom stereocenters. The first-order chi connectivity index (χ1) is 12.1. The minimum absolute atomic E-state index is 0.258. The molecule has 0 saturated carbocycles. The first kappa shape index (κ1) is 16.6. The number of fused-ring (bicyclic) bond motifs is 1. The zero-order chi connectivity index (χ0) is 17.4. The molecule has 3 aromatic heterocycles. The van der Waals surface area contributed by atoms with Crippen molar-refractivity contribution in [2.24, 2.45) is 0 Å². The minimum atomic E-state index is -0.287. The highest BCUT2D eigenvalue weighted by Crippen LogP contribution is 2.37. The lowest BCUT2D eigenvalue weighted by atomic mass is 10.1. The molecule has 0 aliphatic rings. The van der Waals surface area contributed by atoms with Gasteiger partial charge < -0.3 is 9.15 Å². The average Bonchev–Trinajstić information content (AvgIpc) is 3.29. The van der Waals surface area contributed by atoms with Crippen LogP contribution < -0.4 is 0 Å². The summed E-state index contributed by atoms with van der Waals surface area (Å²) in [5, 5.41) is 8.54. The SMILES string of the molecule is COCc1nnc(Cc2nc3ccc(-c4ccc(Cl)s4)c(F)c3s2)o1. The summed E-state index contributed by atoms with van der Waals surface area (Å²) in [5.74, 6) is 0.545. The number of benzene rings is 1. The third kappa shape index (κ3) is 3.30. The molecule has 0 atom stereocenters. The second-order valence-corrected chi connectivity index (χ2v) is 7.98. The number of hydrogen-bond donors (Lipinski definition) is 0. The highest BCUT2D eigenvalue weighted by molar-refractivity contribution is 7.20. The quantitative estimate of drug-likeness (QED) is 0.479. The van der Waals surface area contributed by atoms with Gasteiger partial charge in [0.2, 0.25) is 11.8 Å². The summed E-state index contributed by atoms with van der Waals surface area (Å²) in [6.07, 6.45) is 0.357. The number of nitrogens with zero attached hydrogens (tertiary/aromatic N) is 3. The molecule has 4 aromatic rings. The van der Waals surface area contributed by atoms with Gasteiger partial charge in [-0.15, -0.1) is 32.9 Å². The molecule has 4 rings (SSSR count). The van der Waals surface area contributed by atoms with Crippen LogP contribution in [0.1, 0.15) is 16.8 Å². The van der Waals surface area contributed by atoms with E-state index in [1.807, 2.05) is 12.1 Å². The minimum Gasteiger partial charge on any atom is -0.422 e. The van der Waals surface area contributed by atoms with Gasteiger partial charge in [0.1, 0.15) is 11.6 Å². The molecule has 0 aliphatic carbocycles. The van der Waals surface area contributed by atoms with Gasteiger partial charge in [-0.2, -0.15) is 0 Å². The number of thiazole rings is 1. The lowest BCUT2D eigenvalue weighted by Gasteiger charge is -2.00. The molecule has 0 N–H and O–H groups in total. The van der Waals surface area contributed by atoms with Crippen molar-refractivity contribution in [3.63, 3.8) is 0 Å². The summed E-state index contributed by atoms with van der Waals surface area (Å²) in [5.41, 5.74) is 1.14. The predicted octanol–water partition coefficient (Wildman–Crippen LogP) is 4.94. The first-order valence-electron chi connectivity index (χ1n) is 7.28. The third-order valence-corrected chi connectivity index (χ3v) is 5.79. The molecule has 0 amide bonds. The monoisotopic (exact) mass is 395 g/mol. The van der Waals surface area contributed by atoms with Gasteiger partial charge in [-0.3, -0.25) is 0 Å². The fraction of sp³-hybridized carbons (Fsp3) is 0.188. The molecule has 5 nitrogen and oxygen atoms in total. The van der Waals surface area contributed by atoms with Crippen LogP contribution in [0.25, 0.3) is 20.7 Å². The van der Waals surface area contributed by atoms with E-state index in [9.17, 15) is 4.39 Å². The predicted molar refractivity (Wildman–Crippen MR) is 95.7 cm³/mol. The molecule has 3 heterocycles. The van der Waals surface area contributed by atoms with Crippen molar-refractivity contribution in [2.45, 2.75) is 13.0 Å². The molecule has 0 saturated heterocycles. The van der Waals surface area contributed by atoms with Crippen molar-refractivity contribution < 1.29 is 13.5 Å². The van der Waals surface area contributed by atoms with Crippen LogP contribution in [0.15, 0.2) is 28.7 Å². The molecular formula is C16H11ClFN3O2S2. The molecule has 25 heavy (non-hydrogen) atoms. The normalized spacial score (nSPS) is 11.5. The van der Waals surface area contributed by atoms with Crippen LogP contribution in [-0.2, 0) is 17.8 Å². The third-order valence-electron chi connectivity index (χ3n) is 3.46. The molecule has 9 heteroatoms. The van der Waals surface area contributed by atoms with Crippen LogP contribution >= 0.6 is 34.3 Å². The summed E-state index contributed by atoms with van der Waals surface area (Å²) >= 11 is 8.58. The van der Waals surface area contributed by atoms with Gasteiger partial charge in [0.05, 0.1) is 21.0 Å². The Bertz CT molecular complexity index is 1040. The maximum Gasteiger partial charge on any atom is 0.242 e. The van der Waals surface area contributed by atoms with E-state index >= 15 is 0 Å². The van der Waals surface area contributed by atoms with E-state index in [1.54, 1.807) is 19.2 Å². The van der Waals surface area contributed by atoms with Crippen LogP contribution in [0.5, 0.6) is 0 Å². The van der Waals surface area contributed by atoms with Crippen molar-refractivity contribution in [3.8, 4) is 10.4 Å². The zero-order valence-corrected chi connectivity index (χ0v) is 15.3. The first-order valence-corrected chi connectivity index (χ1v) is 9.29. The molecule has 0 radical (unpaired) electrons. The van der Waals surface area contributed by atoms with Crippen LogP contribution in [0, 0.1) is 5.82 Å². The van der Waals surface area contributed by atoms with Crippen molar-refractivity contribution in [3.05, 3.63) is 51.2 Å². The van der Waals surface area contributed by atoms with Crippen molar-refractivity contribution in [1.82, 2.24) is 15.2 Å². The lowest BCUT2D eigenvalue weighted by Crippen LogP contribution is -1.86. The Morgan fingerprint density at radius 2 is 2.00 bits per heavy atom. The summed E-state index contributed by atoms with van der Waals surface area (Å²) in [7, 11) is 1.55. The molecule has 128 valence electrons. The molecule has 1 aromatic carbocycles. The Hall–Kier alpha value is -1.87. The van der Waals surface area contributed by atoms with Gasteiger partial charge in [-0.05, 0) is 24.3 Å². The van der Waals surface area contributed by atoms with Gasteiger partial charge in [-0.25, -0.2) is 9.37 Å². The lowest BCUT2D eigenvalue weighted by molar-refractivity contribution is 0.158. The van der Waals surface area contributed by atoms with Gasteiger partial charge in [0.25, 0.3) is 0 Å². The van der Waals surface area contributed by atoms with Crippen LogP contribution in [0.3, 0.4) is 0 Å². The number of rotatable bonds is 5. The maximum atomic E-state index is 14.9. The molecular weight excluding hydrogens is 385 g/mol. The Balaban J connectivity index is 1.66. The second kappa shape index (κ2) is 6.80. The number of halogens is 2. The van der Waals surface area contributed by atoms with Crippen molar-refractivity contribution in [1.29, 1.82) is 0 Å². The number of hydrogen-bond acceptors (Lipinski definition) is 7. The van der Waals surface area contributed by atoms with E-state index in [4.69, 9.17) is 20.8 Å².